The lowest BCUT2D eigenvalue weighted by atomic mass is 10.7. The van der Waals surface area contributed by atoms with Gasteiger partial charge in [-0.2, -0.15) is 0 Å². The van der Waals surface area contributed by atoms with Crippen molar-refractivity contribution in [2.45, 2.75) is 0 Å². The van der Waals surface area contributed by atoms with E-state index < -0.39 is 5.63 Å². The Morgan fingerprint density at radius 2 is 2.57 bits per heavy atom. The minimum atomic E-state index is -0.484. The van der Waals surface area contributed by atoms with E-state index in [1.165, 1.54) is 12.3 Å². The second-order valence-electron chi connectivity index (χ2n) is 0.977. The van der Waals surface area contributed by atoms with Crippen LogP contribution in [0.1, 0.15) is 0 Å². The highest BCUT2D eigenvalue weighted by atomic mass is 16.4. The maximum absolute atomic E-state index is 10.0. The highest BCUT2D eigenvalue weighted by molar-refractivity contribution is 4.71. The molecule has 0 fully saturated rings. The summed E-state index contributed by atoms with van der Waals surface area (Å²) in [5.74, 6) is 0. The first-order valence-electron chi connectivity index (χ1n) is 1.77. The molecule has 1 aromatic rings. The number of hydrogen-bond acceptors (Lipinski definition) is 2. The van der Waals surface area contributed by atoms with Gasteiger partial charge in [-0.05, 0) is 0 Å². The summed E-state index contributed by atoms with van der Waals surface area (Å²) in [6.45, 7) is 0. The van der Waals surface area contributed by atoms with E-state index in [1.807, 2.05) is 0 Å². The van der Waals surface area contributed by atoms with Crippen LogP contribution in [0.25, 0.3) is 0 Å². The minimum Gasteiger partial charge on any atom is -0.424 e. The number of rotatable bonds is 0. The Bertz CT molecular complexity index is 172. The van der Waals surface area contributed by atoms with Gasteiger partial charge >= 0.3 is 5.63 Å². The first-order valence-corrected chi connectivity index (χ1v) is 1.77. The largest absolute Gasteiger partial charge is 0.424 e. The summed E-state index contributed by atoms with van der Waals surface area (Å²) in [4.78, 5) is 10.0. The van der Waals surface area contributed by atoms with E-state index >= 15 is 0 Å². The lowest BCUT2D eigenvalue weighted by Gasteiger charge is -1.65. The predicted molar refractivity (Wildman–Crippen MR) is 22.6 cm³/mol. The number of hydrogen-bond donors (Lipinski definition) is 0. The second kappa shape index (κ2) is 1.48. The van der Waals surface area contributed by atoms with Crippen molar-refractivity contribution in [1.29, 1.82) is 0 Å². The molecule has 0 atom stereocenters. The zero-order valence-electron chi connectivity index (χ0n) is 3.47. The SMILES string of the molecule is O=c1c#ccco1. The zero-order valence-corrected chi connectivity index (χ0v) is 3.47. The quantitative estimate of drug-likeness (QED) is 0.461. The van der Waals surface area contributed by atoms with Crippen LogP contribution in [0.4, 0.5) is 0 Å². The summed E-state index contributed by atoms with van der Waals surface area (Å²) in [5, 5.41) is 0. The summed E-state index contributed by atoms with van der Waals surface area (Å²) in [7, 11) is 0. The molecule has 7 heavy (non-hydrogen) atoms. The summed E-state index contributed by atoms with van der Waals surface area (Å²) in [6.07, 6.45) is 1.26. The van der Waals surface area contributed by atoms with Crippen LogP contribution in [0.15, 0.2) is 21.5 Å². The molecule has 0 spiro atoms. The Labute approximate surface area is 40.4 Å². The molecule has 0 aliphatic carbocycles. The summed E-state index contributed by atoms with van der Waals surface area (Å²) >= 11 is 0. The Morgan fingerprint density at radius 3 is 2.86 bits per heavy atom. The fourth-order valence-electron chi connectivity index (χ4n) is 0.260. The third-order valence-corrected chi connectivity index (χ3v) is 0.501. The Hall–Kier alpha value is -1.23. The minimum absolute atomic E-state index is 0.484. The molecular weight excluding hydrogens is 92.1 g/mol. The average Bonchev–Trinajstić information content (AvgIpc) is 1.69. The molecule has 34 valence electrons. The van der Waals surface area contributed by atoms with Gasteiger partial charge in [-0.25, -0.2) is 4.79 Å². The highest BCUT2D eigenvalue weighted by Crippen LogP contribution is 1.63. The maximum atomic E-state index is 10.0. The van der Waals surface area contributed by atoms with Gasteiger partial charge in [0.1, 0.15) is 6.26 Å². The summed E-state index contributed by atoms with van der Waals surface area (Å²) < 4.78 is 4.28. The molecule has 0 saturated heterocycles. The van der Waals surface area contributed by atoms with Gasteiger partial charge in [0.15, 0.2) is 0 Å². The molecule has 0 bridgehead atoms. The van der Waals surface area contributed by atoms with Gasteiger partial charge in [0.2, 0.25) is 0 Å². The van der Waals surface area contributed by atoms with E-state index in [1.54, 1.807) is 0 Å². The van der Waals surface area contributed by atoms with Crippen molar-refractivity contribution < 1.29 is 4.42 Å². The molecule has 1 aromatic heterocycles. The van der Waals surface area contributed by atoms with E-state index in [0.717, 1.165) is 0 Å². The molecule has 0 amide bonds. The van der Waals surface area contributed by atoms with E-state index in [4.69, 9.17) is 0 Å². The molecule has 0 radical (unpaired) electrons. The average molecular weight is 94.1 g/mol. The van der Waals surface area contributed by atoms with Crippen molar-refractivity contribution in [2.24, 2.45) is 0 Å². The molecule has 0 aliphatic heterocycles. The molecule has 1 heterocycles. The first kappa shape index (κ1) is 3.94. The molecular formula is C5H2O2. The van der Waals surface area contributed by atoms with Gasteiger partial charge in [0.05, 0.1) is 0 Å². The fraction of sp³-hybridized carbons (Fsp3) is 0. The van der Waals surface area contributed by atoms with Crippen LogP contribution >= 0.6 is 0 Å². The van der Waals surface area contributed by atoms with Crippen molar-refractivity contribution in [3.05, 3.63) is 34.9 Å². The van der Waals surface area contributed by atoms with E-state index in [9.17, 15) is 4.79 Å². The van der Waals surface area contributed by atoms with Crippen molar-refractivity contribution in [1.82, 2.24) is 0 Å². The third-order valence-electron chi connectivity index (χ3n) is 0.501. The van der Waals surface area contributed by atoms with Crippen LogP contribution in [-0.2, 0) is 0 Å². The van der Waals surface area contributed by atoms with Crippen LogP contribution in [0.3, 0.4) is 0 Å². The lowest BCUT2D eigenvalue weighted by Crippen LogP contribution is -1.88. The Morgan fingerprint density at radius 1 is 1.71 bits per heavy atom. The molecule has 0 N–H and O–H groups in total. The second-order valence-corrected chi connectivity index (χ2v) is 0.977. The molecule has 2 nitrogen and oxygen atoms in total. The van der Waals surface area contributed by atoms with E-state index in [0.29, 0.717) is 0 Å². The van der Waals surface area contributed by atoms with Crippen LogP contribution in [0, 0.1) is 12.1 Å². The van der Waals surface area contributed by atoms with Crippen LogP contribution in [0.2, 0.25) is 0 Å². The van der Waals surface area contributed by atoms with Gasteiger partial charge in [-0.15, -0.1) is 0 Å². The molecule has 0 aromatic carbocycles. The molecule has 0 aliphatic rings. The first-order chi connectivity index (χ1) is 3.39. The van der Waals surface area contributed by atoms with Gasteiger partial charge in [0, 0.05) is 12.1 Å². The molecule has 1 rings (SSSR count). The monoisotopic (exact) mass is 94.0 g/mol. The van der Waals surface area contributed by atoms with Crippen LogP contribution < -0.4 is 5.63 Å². The zero-order chi connectivity index (χ0) is 5.11. The third kappa shape index (κ3) is 0.799. The molecule has 2 heteroatoms. The van der Waals surface area contributed by atoms with Gasteiger partial charge in [-0.3, -0.25) is 0 Å². The van der Waals surface area contributed by atoms with E-state index in [2.05, 4.69) is 16.5 Å². The summed E-state index contributed by atoms with van der Waals surface area (Å²) in [6, 6.07) is 6.09. The maximum Gasteiger partial charge on any atom is 0.389 e. The standard InChI is InChI=1S/C5H2O2/c6-5-3-1-2-4-7-5/h2,4H. The van der Waals surface area contributed by atoms with Crippen molar-refractivity contribution in [2.75, 3.05) is 0 Å². The molecule has 0 unspecified atom stereocenters. The van der Waals surface area contributed by atoms with Crippen molar-refractivity contribution >= 4 is 0 Å². The van der Waals surface area contributed by atoms with Crippen LogP contribution in [-0.4, -0.2) is 0 Å². The van der Waals surface area contributed by atoms with Crippen molar-refractivity contribution in [3.63, 3.8) is 0 Å². The fourth-order valence-corrected chi connectivity index (χ4v) is 0.260. The van der Waals surface area contributed by atoms with Crippen molar-refractivity contribution in [3.8, 4) is 0 Å². The lowest BCUT2D eigenvalue weighted by molar-refractivity contribution is 0.512. The summed E-state index contributed by atoms with van der Waals surface area (Å²) in [5.41, 5.74) is -0.484. The molecule has 0 saturated carbocycles. The highest BCUT2D eigenvalue weighted by Gasteiger charge is 1.68. The van der Waals surface area contributed by atoms with Crippen LogP contribution in [0.5, 0.6) is 0 Å². The van der Waals surface area contributed by atoms with Gasteiger partial charge in [0.25, 0.3) is 0 Å². The van der Waals surface area contributed by atoms with Gasteiger partial charge < -0.3 is 4.42 Å². The van der Waals surface area contributed by atoms with Gasteiger partial charge in [-0.1, -0.05) is 6.07 Å². The Balaban J connectivity index is 3.28. The normalized spacial score (nSPS) is 7.43. The predicted octanol–water partition coefficient (Wildman–Crippen LogP) is 0.240. The smallest absolute Gasteiger partial charge is 0.389 e. The Kier molecular flexibility index (Phi) is 0.833. The van der Waals surface area contributed by atoms with E-state index in [-0.39, 0.29) is 0 Å². The topological polar surface area (TPSA) is 30.2 Å².